The summed E-state index contributed by atoms with van der Waals surface area (Å²) < 4.78 is 0. The zero-order valence-electron chi connectivity index (χ0n) is 9.58. The highest BCUT2D eigenvalue weighted by Gasteiger charge is 2.11. The molecule has 1 aliphatic rings. The first-order chi connectivity index (χ1) is 7.40. The molecule has 0 radical (unpaired) electrons. The molecule has 1 atom stereocenters. The topological polar surface area (TPSA) is 0 Å². The number of benzene rings is 1. The van der Waals surface area contributed by atoms with Crippen LogP contribution in [0.25, 0.3) is 0 Å². The highest BCUT2D eigenvalue weighted by molar-refractivity contribution is 5.26. The standard InChI is InChI=1S/C15H20/c1-2-6-13-9-11-15(12-10-13)14-7-4-3-5-8-14/h3-4,9-12,14H,2,5-8H2,1H3. The maximum Gasteiger partial charge on any atom is -0.0124 e. The van der Waals surface area contributed by atoms with E-state index in [4.69, 9.17) is 0 Å². The van der Waals surface area contributed by atoms with Crippen LogP contribution >= 0.6 is 0 Å². The van der Waals surface area contributed by atoms with Crippen LogP contribution in [-0.4, -0.2) is 0 Å². The van der Waals surface area contributed by atoms with E-state index in [0.717, 1.165) is 5.92 Å². The summed E-state index contributed by atoms with van der Waals surface area (Å²) in [4.78, 5) is 0. The molecule has 0 N–H and O–H groups in total. The minimum Gasteiger partial charge on any atom is -0.0885 e. The molecule has 0 saturated heterocycles. The first-order valence-electron chi connectivity index (χ1n) is 6.14. The van der Waals surface area contributed by atoms with E-state index in [2.05, 4.69) is 43.3 Å². The molecule has 0 heterocycles. The van der Waals surface area contributed by atoms with E-state index >= 15 is 0 Å². The van der Waals surface area contributed by atoms with E-state index in [1.54, 1.807) is 0 Å². The minimum absolute atomic E-state index is 0.769. The minimum atomic E-state index is 0.769. The maximum atomic E-state index is 2.33. The molecule has 0 bridgehead atoms. The number of hydrogen-bond acceptors (Lipinski definition) is 0. The molecule has 0 aliphatic heterocycles. The Morgan fingerprint density at radius 3 is 2.53 bits per heavy atom. The van der Waals surface area contributed by atoms with Crippen molar-refractivity contribution in [3.8, 4) is 0 Å². The molecule has 0 amide bonds. The van der Waals surface area contributed by atoms with Crippen LogP contribution in [0.1, 0.15) is 49.7 Å². The smallest absolute Gasteiger partial charge is 0.0124 e. The molecular formula is C15H20. The second kappa shape index (κ2) is 5.16. The van der Waals surface area contributed by atoms with Crippen molar-refractivity contribution in [1.82, 2.24) is 0 Å². The lowest BCUT2D eigenvalue weighted by Crippen LogP contribution is -2.00. The van der Waals surface area contributed by atoms with Gasteiger partial charge >= 0.3 is 0 Å². The quantitative estimate of drug-likeness (QED) is 0.632. The number of hydrogen-bond donors (Lipinski definition) is 0. The van der Waals surface area contributed by atoms with Crippen LogP contribution in [0.3, 0.4) is 0 Å². The molecule has 1 aromatic carbocycles. The second-order valence-electron chi connectivity index (χ2n) is 4.47. The molecule has 1 unspecified atom stereocenters. The van der Waals surface area contributed by atoms with Crippen molar-refractivity contribution in [1.29, 1.82) is 0 Å². The summed E-state index contributed by atoms with van der Waals surface area (Å²) >= 11 is 0. The van der Waals surface area contributed by atoms with Crippen LogP contribution in [0, 0.1) is 0 Å². The Morgan fingerprint density at radius 1 is 1.13 bits per heavy atom. The van der Waals surface area contributed by atoms with Crippen molar-refractivity contribution in [3.05, 3.63) is 47.5 Å². The van der Waals surface area contributed by atoms with Crippen molar-refractivity contribution < 1.29 is 0 Å². The maximum absolute atomic E-state index is 2.33. The van der Waals surface area contributed by atoms with E-state index < -0.39 is 0 Å². The van der Waals surface area contributed by atoms with Gasteiger partial charge in [-0.3, -0.25) is 0 Å². The number of allylic oxidation sites excluding steroid dienone is 2. The van der Waals surface area contributed by atoms with Crippen molar-refractivity contribution >= 4 is 0 Å². The Morgan fingerprint density at radius 2 is 1.93 bits per heavy atom. The fourth-order valence-electron chi connectivity index (χ4n) is 2.34. The van der Waals surface area contributed by atoms with Crippen LogP contribution in [0.15, 0.2) is 36.4 Å². The lowest BCUT2D eigenvalue weighted by molar-refractivity contribution is 0.617. The van der Waals surface area contributed by atoms with Crippen LogP contribution in [-0.2, 0) is 6.42 Å². The molecule has 0 fully saturated rings. The van der Waals surface area contributed by atoms with Gasteiger partial charge in [0, 0.05) is 0 Å². The molecule has 0 aromatic heterocycles. The highest BCUT2D eigenvalue weighted by Crippen LogP contribution is 2.29. The van der Waals surface area contributed by atoms with Crippen molar-refractivity contribution in [2.75, 3.05) is 0 Å². The molecule has 15 heavy (non-hydrogen) atoms. The van der Waals surface area contributed by atoms with Gasteiger partial charge in [-0.15, -0.1) is 0 Å². The van der Waals surface area contributed by atoms with Gasteiger partial charge < -0.3 is 0 Å². The van der Waals surface area contributed by atoms with Crippen LogP contribution in [0.4, 0.5) is 0 Å². The predicted octanol–water partition coefficient (Wildman–Crippen LogP) is 4.46. The second-order valence-corrected chi connectivity index (χ2v) is 4.47. The van der Waals surface area contributed by atoms with Gasteiger partial charge in [0.1, 0.15) is 0 Å². The largest absolute Gasteiger partial charge is 0.0885 e. The van der Waals surface area contributed by atoms with Gasteiger partial charge in [0.05, 0.1) is 0 Å². The lowest BCUT2D eigenvalue weighted by Gasteiger charge is -2.18. The highest BCUT2D eigenvalue weighted by atomic mass is 14.2. The molecule has 0 spiro atoms. The molecule has 2 rings (SSSR count). The zero-order chi connectivity index (χ0) is 10.5. The Bertz CT molecular complexity index is 318. The van der Waals surface area contributed by atoms with Crippen LogP contribution < -0.4 is 0 Å². The Hall–Kier alpha value is -1.04. The summed E-state index contributed by atoms with van der Waals surface area (Å²) in [7, 11) is 0. The third kappa shape index (κ3) is 2.71. The predicted molar refractivity (Wildman–Crippen MR) is 66.2 cm³/mol. The van der Waals surface area contributed by atoms with Gasteiger partial charge in [0.15, 0.2) is 0 Å². The van der Waals surface area contributed by atoms with Crippen molar-refractivity contribution in [2.45, 2.75) is 44.9 Å². The Balaban J connectivity index is 2.05. The summed E-state index contributed by atoms with van der Waals surface area (Å²) in [6.07, 6.45) is 10.9. The number of rotatable bonds is 3. The molecule has 80 valence electrons. The molecular weight excluding hydrogens is 180 g/mol. The van der Waals surface area contributed by atoms with E-state index in [1.165, 1.54) is 43.2 Å². The van der Waals surface area contributed by atoms with Gasteiger partial charge in [-0.05, 0) is 42.7 Å². The van der Waals surface area contributed by atoms with Gasteiger partial charge in [0.2, 0.25) is 0 Å². The molecule has 0 saturated carbocycles. The molecule has 0 heteroatoms. The monoisotopic (exact) mass is 200 g/mol. The summed E-state index contributed by atoms with van der Waals surface area (Å²) in [6.45, 7) is 2.24. The first kappa shape index (κ1) is 10.5. The summed E-state index contributed by atoms with van der Waals surface area (Å²) in [5.74, 6) is 0.769. The van der Waals surface area contributed by atoms with Crippen LogP contribution in [0.2, 0.25) is 0 Å². The Labute approximate surface area is 93.0 Å². The molecule has 1 aliphatic carbocycles. The lowest BCUT2D eigenvalue weighted by atomic mass is 9.87. The summed E-state index contributed by atoms with van der Waals surface area (Å²) in [6, 6.07) is 9.26. The fraction of sp³-hybridized carbons (Fsp3) is 0.467. The first-order valence-corrected chi connectivity index (χ1v) is 6.14. The average Bonchev–Trinajstić information content (AvgIpc) is 2.32. The van der Waals surface area contributed by atoms with E-state index in [9.17, 15) is 0 Å². The Kier molecular flexibility index (Phi) is 3.60. The van der Waals surface area contributed by atoms with Gasteiger partial charge in [-0.1, -0.05) is 49.8 Å². The van der Waals surface area contributed by atoms with E-state index in [0.29, 0.717) is 0 Å². The SMILES string of the molecule is CCCc1ccc(C2CC=CCC2)cc1. The van der Waals surface area contributed by atoms with E-state index in [1.807, 2.05) is 0 Å². The number of aryl methyl sites for hydroxylation is 1. The van der Waals surface area contributed by atoms with Crippen LogP contribution in [0.5, 0.6) is 0 Å². The zero-order valence-corrected chi connectivity index (χ0v) is 9.58. The van der Waals surface area contributed by atoms with E-state index in [-0.39, 0.29) is 0 Å². The average molecular weight is 200 g/mol. The normalized spacial score (nSPS) is 20.5. The third-order valence-electron chi connectivity index (χ3n) is 3.26. The summed E-state index contributed by atoms with van der Waals surface area (Å²) in [5, 5.41) is 0. The third-order valence-corrected chi connectivity index (χ3v) is 3.26. The van der Waals surface area contributed by atoms with Gasteiger partial charge in [-0.2, -0.15) is 0 Å². The fourth-order valence-corrected chi connectivity index (χ4v) is 2.34. The van der Waals surface area contributed by atoms with Gasteiger partial charge in [-0.25, -0.2) is 0 Å². The molecule has 1 aromatic rings. The van der Waals surface area contributed by atoms with Crippen molar-refractivity contribution in [3.63, 3.8) is 0 Å². The molecule has 0 nitrogen and oxygen atoms in total. The van der Waals surface area contributed by atoms with Gasteiger partial charge in [0.25, 0.3) is 0 Å². The summed E-state index contributed by atoms with van der Waals surface area (Å²) in [5.41, 5.74) is 3.01. The van der Waals surface area contributed by atoms with Crippen molar-refractivity contribution in [2.24, 2.45) is 0 Å².